The molecule has 3 heterocycles. The maximum absolute atomic E-state index is 5.61. The van der Waals surface area contributed by atoms with Gasteiger partial charge in [0.1, 0.15) is 11.6 Å². The molecule has 33 heavy (non-hydrogen) atoms. The molecule has 0 bridgehead atoms. The van der Waals surface area contributed by atoms with E-state index in [-0.39, 0.29) is 0 Å². The largest absolute Gasteiger partial charge is 0.496 e. The van der Waals surface area contributed by atoms with Crippen molar-refractivity contribution in [2.45, 2.75) is 31.9 Å². The molecular formula is C26H33N5O2. The first-order valence-electron chi connectivity index (χ1n) is 11.4. The summed E-state index contributed by atoms with van der Waals surface area (Å²) >= 11 is 0. The number of likely N-dealkylation sites (tertiary alicyclic amines) is 1. The smallest absolute Gasteiger partial charge is 0.163 e. The number of nitrogens with zero attached hydrogens (tertiary/aromatic N) is 5. The third-order valence-electron chi connectivity index (χ3n) is 6.17. The maximum Gasteiger partial charge on any atom is 0.163 e. The van der Waals surface area contributed by atoms with Gasteiger partial charge < -0.3 is 14.4 Å². The summed E-state index contributed by atoms with van der Waals surface area (Å²) in [6, 6.07) is 12.4. The zero-order valence-electron chi connectivity index (χ0n) is 20.0. The van der Waals surface area contributed by atoms with Gasteiger partial charge in [-0.3, -0.25) is 9.88 Å². The molecule has 0 unspecified atom stereocenters. The molecule has 1 fully saturated rings. The fraction of sp³-hybridized carbons (Fsp3) is 0.423. The van der Waals surface area contributed by atoms with Crippen LogP contribution in [0.5, 0.6) is 5.75 Å². The Kier molecular flexibility index (Phi) is 7.52. The van der Waals surface area contributed by atoms with Gasteiger partial charge >= 0.3 is 0 Å². The van der Waals surface area contributed by atoms with Gasteiger partial charge in [-0.25, -0.2) is 9.97 Å². The van der Waals surface area contributed by atoms with E-state index in [4.69, 9.17) is 19.4 Å². The van der Waals surface area contributed by atoms with Crippen LogP contribution in [0.15, 0.2) is 48.8 Å². The quantitative estimate of drug-likeness (QED) is 0.514. The Morgan fingerprint density at radius 3 is 2.55 bits per heavy atom. The first kappa shape index (κ1) is 23.1. The van der Waals surface area contributed by atoms with E-state index in [1.807, 2.05) is 43.4 Å². The van der Waals surface area contributed by atoms with E-state index in [9.17, 15) is 0 Å². The minimum Gasteiger partial charge on any atom is -0.496 e. The van der Waals surface area contributed by atoms with Crippen molar-refractivity contribution in [1.82, 2.24) is 19.9 Å². The minimum atomic E-state index is 0.417. The number of hydrogen-bond acceptors (Lipinski definition) is 7. The molecule has 4 rings (SSSR count). The van der Waals surface area contributed by atoms with Gasteiger partial charge in [-0.05, 0) is 55.8 Å². The summed E-state index contributed by atoms with van der Waals surface area (Å²) in [5.41, 5.74) is 4.44. The fourth-order valence-corrected chi connectivity index (χ4v) is 4.35. The standard InChI is InChI=1S/C26H33N5O2/c1-30(2)25-15-23(28-26(29-25)21-6-5-11-27-16-21)20-9-12-31(13-10-20)17-22-14-19(18-32-3)7-8-24(22)33-4/h5-8,11,14-16,20H,9-10,12-13,17-18H2,1-4H3. The van der Waals surface area contributed by atoms with E-state index in [1.54, 1.807) is 20.4 Å². The monoisotopic (exact) mass is 447 g/mol. The number of benzene rings is 1. The average molecular weight is 448 g/mol. The Morgan fingerprint density at radius 1 is 1.06 bits per heavy atom. The highest BCUT2D eigenvalue weighted by Crippen LogP contribution is 2.31. The number of piperidine rings is 1. The molecule has 7 nitrogen and oxygen atoms in total. The zero-order valence-corrected chi connectivity index (χ0v) is 20.0. The number of pyridine rings is 1. The molecule has 1 aliphatic heterocycles. The second-order valence-corrected chi connectivity index (χ2v) is 8.74. The highest BCUT2D eigenvalue weighted by Gasteiger charge is 2.24. The molecule has 0 spiro atoms. The predicted octanol–water partition coefficient (Wildman–Crippen LogP) is 4.14. The number of methoxy groups -OCH3 is 2. The lowest BCUT2D eigenvalue weighted by Gasteiger charge is -2.32. The van der Waals surface area contributed by atoms with Crippen molar-refractivity contribution in [1.29, 1.82) is 0 Å². The fourth-order valence-electron chi connectivity index (χ4n) is 4.35. The van der Waals surface area contributed by atoms with E-state index in [0.717, 1.165) is 61.1 Å². The summed E-state index contributed by atoms with van der Waals surface area (Å²) < 4.78 is 10.9. The van der Waals surface area contributed by atoms with Crippen LogP contribution in [-0.4, -0.2) is 61.3 Å². The van der Waals surface area contributed by atoms with Gasteiger partial charge in [0.05, 0.1) is 13.7 Å². The van der Waals surface area contributed by atoms with Crippen LogP contribution in [0.2, 0.25) is 0 Å². The van der Waals surface area contributed by atoms with E-state index in [2.05, 4.69) is 28.1 Å². The third-order valence-corrected chi connectivity index (χ3v) is 6.17. The third kappa shape index (κ3) is 5.67. The van der Waals surface area contributed by atoms with Gasteiger partial charge in [-0.15, -0.1) is 0 Å². The predicted molar refractivity (Wildman–Crippen MR) is 131 cm³/mol. The molecule has 174 valence electrons. The van der Waals surface area contributed by atoms with Crippen LogP contribution in [-0.2, 0) is 17.9 Å². The Bertz CT molecular complexity index is 1050. The zero-order chi connectivity index (χ0) is 23.2. The summed E-state index contributed by atoms with van der Waals surface area (Å²) in [6.07, 6.45) is 5.73. The second kappa shape index (κ2) is 10.7. The van der Waals surface area contributed by atoms with Gasteiger partial charge in [0.25, 0.3) is 0 Å². The van der Waals surface area contributed by atoms with Crippen LogP contribution in [0.4, 0.5) is 5.82 Å². The van der Waals surface area contributed by atoms with E-state index in [1.165, 1.54) is 11.1 Å². The van der Waals surface area contributed by atoms with Crippen molar-refractivity contribution in [3.8, 4) is 17.1 Å². The molecule has 7 heteroatoms. The number of anilines is 1. The Hall–Kier alpha value is -3.03. The van der Waals surface area contributed by atoms with Crippen molar-refractivity contribution in [2.75, 3.05) is 46.3 Å². The molecule has 1 saturated heterocycles. The molecule has 0 amide bonds. The SMILES string of the molecule is COCc1ccc(OC)c(CN2CCC(c3cc(N(C)C)nc(-c4cccnc4)n3)CC2)c1. The van der Waals surface area contributed by atoms with Crippen molar-refractivity contribution in [3.05, 3.63) is 65.6 Å². The molecule has 2 aromatic heterocycles. The lowest BCUT2D eigenvalue weighted by atomic mass is 9.92. The Balaban J connectivity index is 1.48. The van der Waals surface area contributed by atoms with Gasteiger partial charge in [0, 0.05) is 68.9 Å². The summed E-state index contributed by atoms with van der Waals surface area (Å²) in [7, 11) is 7.50. The molecule has 3 aromatic rings. The lowest BCUT2D eigenvalue weighted by molar-refractivity contribution is 0.184. The lowest BCUT2D eigenvalue weighted by Crippen LogP contribution is -2.33. The van der Waals surface area contributed by atoms with Crippen molar-refractivity contribution >= 4 is 5.82 Å². The van der Waals surface area contributed by atoms with Crippen molar-refractivity contribution in [3.63, 3.8) is 0 Å². The summed E-state index contributed by atoms with van der Waals surface area (Å²) in [5, 5.41) is 0. The van der Waals surface area contributed by atoms with Gasteiger partial charge in [-0.1, -0.05) is 6.07 Å². The second-order valence-electron chi connectivity index (χ2n) is 8.74. The van der Waals surface area contributed by atoms with Crippen LogP contribution in [0.3, 0.4) is 0 Å². The van der Waals surface area contributed by atoms with Crippen molar-refractivity contribution < 1.29 is 9.47 Å². The molecule has 0 aliphatic carbocycles. The van der Waals surface area contributed by atoms with Crippen LogP contribution in [0.1, 0.15) is 35.6 Å². The van der Waals surface area contributed by atoms with E-state index in [0.29, 0.717) is 12.5 Å². The summed E-state index contributed by atoms with van der Waals surface area (Å²) in [4.78, 5) is 18.5. The Morgan fingerprint density at radius 2 is 1.88 bits per heavy atom. The highest BCUT2D eigenvalue weighted by molar-refractivity contribution is 5.56. The topological polar surface area (TPSA) is 63.6 Å². The van der Waals surface area contributed by atoms with Crippen LogP contribution in [0, 0.1) is 0 Å². The maximum atomic E-state index is 5.61. The minimum absolute atomic E-state index is 0.417. The number of aromatic nitrogens is 3. The van der Waals surface area contributed by atoms with Crippen LogP contribution in [0.25, 0.3) is 11.4 Å². The van der Waals surface area contributed by atoms with Crippen LogP contribution < -0.4 is 9.64 Å². The molecule has 0 N–H and O–H groups in total. The van der Waals surface area contributed by atoms with Crippen LogP contribution >= 0.6 is 0 Å². The van der Waals surface area contributed by atoms with Gasteiger partial charge in [0.15, 0.2) is 5.82 Å². The number of ether oxygens (including phenoxy) is 2. The van der Waals surface area contributed by atoms with Crippen molar-refractivity contribution in [2.24, 2.45) is 0 Å². The number of hydrogen-bond donors (Lipinski definition) is 0. The normalized spacial score (nSPS) is 14.9. The molecule has 1 aliphatic rings. The average Bonchev–Trinajstić information content (AvgIpc) is 2.85. The molecule has 1 aromatic carbocycles. The molecular weight excluding hydrogens is 414 g/mol. The number of rotatable bonds is 8. The van der Waals surface area contributed by atoms with Gasteiger partial charge in [0.2, 0.25) is 0 Å². The molecule has 0 atom stereocenters. The highest BCUT2D eigenvalue weighted by atomic mass is 16.5. The summed E-state index contributed by atoms with van der Waals surface area (Å²) in [5.74, 6) is 3.03. The first-order chi connectivity index (χ1) is 16.1. The summed E-state index contributed by atoms with van der Waals surface area (Å²) in [6.45, 7) is 3.53. The van der Waals surface area contributed by atoms with Gasteiger partial charge in [-0.2, -0.15) is 0 Å². The first-order valence-corrected chi connectivity index (χ1v) is 11.4. The molecule has 0 saturated carbocycles. The van der Waals surface area contributed by atoms with E-state index >= 15 is 0 Å². The van der Waals surface area contributed by atoms with E-state index < -0.39 is 0 Å². The Labute approximate surface area is 196 Å². The molecule has 0 radical (unpaired) electrons.